The van der Waals surface area contributed by atoms with Crippen LogP contribution in [-0.2, 0) is 4.79 Å². The number of rotatable bonds is 8. The summed E-state index contributed by atoms with van der Waals surface area (Å²) in [6.45, 7) is 5.93. The normalized spacial score (nSPS) is 13.8. The van der Waals surface area contributed by atoms with Crippen LogP contribution in [0.4, 0.5) is 4.79 Å². The first-order valence-electron chi connectivity index (χ1n) is 6.28. The van der Waals surface area contributed by atoms with E-state index in [0.717, 1.165) is 19.3 Å². The number of carboxylic acid groups (broad SMARTS) is 1. The van der Waals surface area contributed by atoms with Crippen LogP contribution in [0.25, 0.3) is 0 Å². The average molecular weight is 244 g/mol. The molecule has 0 fully saturated rings. The van der Waals surface area contributed by atoms with Crippen LogP contribution >= 0.6 is 0 Å². The lowest BCUT2D eigenvalue weighted by Gasteiger charge is -2.19. The Labute approximate surface area is 103 Å². The maximum atomic E-state index is 11.6. The van der Waals surface area contributed by atoms with E-state index < -0.39 is 5.97 Å². The van der Waals surface area contributed by atoms with E-state index in [2.05, 4.69) is 17.6 Å². The molecule has 0 aromatic rings. The van der Waals surface area contributed by atoms with Crippen LogP contribution in [-0.4, -0.2) is 29.2 Å². The van der Waals surface area contributed by atoms with Crippen molar-refractivity contribution in [3.8, 4) is 0 Å². The molecule has 0 aromatic heterocycles. The summed E-state index contributed by atoms with van der Waals surface area (Å²) in [5, 5.41) is 14.2. The maximum Gasteiger partial charge on any atom is 0.315 e. The number of nitrogens with one attached hydrogen (secondary N) is 2. The largest absolute Gasteiger partial charge is 0.481 e. The highest BCUT2D eigenvalue weighted by atomic mass is 16.4. The summed E-state index contributed by atoms with van der Waals surface area (Å²) in [5.74, 6) is -0.837. The van der Waals surface area contributed by atoms with E-state index in [1.165, 1.54) is 0 Å². The predicted molar refractivity (Wildman–Crippen MR) is 67.0 cm³/mol. The number of carbonyl (C=O) groups excluding carboxylic acids is 1. The highest BCUT2D eigenvalue weighted by molar-refractivity contribution is 5.74. The van der Waals surface area contributed by atoms with Crippen molar-refractivity contribution < 1.29 is 14.7 Å². The van der Waals surface area contributed by atoms with Crippen molar-refractivity contribution in [3.05, 3.63) is 0 Å². The minimum Gasteiger partial charge on any atom is -0.481 e. The molecule has 0 rings (SSSR count). The number of urea groups is 1. The number of aliphatic carboxylic acids is 1. The fraction of sp³-hybridized carbons (Fsp3) is 0.833. The van der Waals surface area contributed by atoms with E-state index in [9.17, 15) is 9.59 Å². The Morgan fingerprint density at radius 3 is 2.29 bits per heavy atom. The molecule has 0 saturated heterocycles. The molecule has 0 aliphatic carbocycles. The van der Waals surface area contributed by atoms with Crippen molar-refractivity contribution >= 4 is 12.0 Å². The van der Waals surface area contributed by atoms with Gasteiger partial charge in [0.1, 0.15) is 0 Å². The van der Waals surface area contributed by atoms with Gasteiger partial charge in [-0.15, -0.1) is 0 Å². The fourth-order valence-corrected chi connectivity index (χ4v) is 1.59. The highest BCUT2D eigenvalue weighted by Gasteiger charge is 2.12. The van der Waals surface area contributed by atoms with Crippen molar-refractivity contribution in [2.75, 3.05) is 0 Å². The molecule has 5 nitrogen and oxygen atoms in total. The number of amides is 2. The van der Waals surface area contributed by atoms with Crippen LogP contribution in [0.15, 0.2) is 0 Å². The second-order valence-corrected chi connectivity index (χ2v) is 4.35. The molecular weight excluding hydrogens is 220 g/mol. The predicted octanol–water partition coefficient (Wildman–Crippen LogP) is 2.12. The molecule has 17 heavy (non-hydrogen) atoms. The molecule has 3 N–H and O–H groups in total. The van der Waals surface area contributed by atoms with Crippen LogP contribution in [0.3, 0.4) is 0 Å². The zero-order valence-corrected chi connectivity index (χ0v) is 11.0. The summed E-state index contributed by atoms with van der Waals surface area (Å²) >= 11 is 0. The lowest BCUT2D eigenvalue weighted by molar-refractivity contribution is -0.137. The molecule has 0 heterocycles. The summed E-state index contributed by atoms with van der Waals surface area (Å²) in [4.78, 5) is 21.9. The van der Waals surface area contributed by atoms with Gasteiger partial charge in [0.2, 0.25) is 0 Å². The Morgan fingerprint density at radius 1 is 1.18 bits per heavy atom. The standard InChI is InChI=1S/C12H24N2O3/c1-4-6-10(5-2)14-12(17)13-9(3)7-8-11(15)16/h9-10H,4-8H2,1-3H3,(H,15,16)(H2,13,14,17). The molecule has 2 unspecified atom stereocenters. The summed E-state index contributed by atoms with van der Waals surface area (Å²) < 4.78 is 0. The van der Waals surface area contributed by atoms with Gasteiger partial charge in [0.25, 0.3) is 0 Å². The van der Waals surface area contributed by atoms with Crippen molar-refractivity contribution in [1.82, 2.24) is 10.6 Å². The highest BCUT2D eigenvalue weighted by Crippen LogP contribution is 2.01. The van der Waals surface area contributed by atoms with Gasteiger partial charge in [-0.1, -0.05) is 20.3 Å². The van der Waals surface area contributed by atoms with Crippen molar-refractivity contribution in [1.29, 1.82) is 0 Å². The zero-order chi connectivity index (χ0) is 13.3. The van der Waals surface area contributed by atoms with Crippen LogP contribution in [0.1, 0.15) is 52.9 Å². The van der Waals surface area contributed by atoms with Gasteiger partial charge >= 0.3 is 12.0 Å². The monoisotopic (exact) mass is 244 g/mol. The number of hydrogen-bond acceptors (Lipinski definition) is 2. The Bertz CT molecular complexity index is 244. The van der Waals surface area contributed by atoms with E-state index in [1.807, 2.05) is 13.8 Å². The number of carbonyl (C=O) groups is 2. The molecule has 5 heteroatoms. The van der Waals surface area contributed by atoms with Crippen molar-refractivity contribution in [2.45, 2.75) is 65.0 Å². The zero-order valence-electron chi connectivity index (χ0n) is 11.0. The average Bonchev–Trinajstić information content (AvgIpc) is 2.25. The quantitative estimate of drug-likeness (QED) is 0.612. The first kappa shape index (κ1) is 15.7. The first-order chi connectivity index (χ1) is 7.99. The molecule has 2 atom stereocenters. The molecule has 0 aromatic carbocycles. The maximum absolute atomic E-state index is 11.6. The van der Waals surface area contributed by atoms with Gasteiger partial charge in [0.05, 0.1) is 0 Å². The fourth-order valence-electron chi connectivity index (χ4n) is 1.59. The summed E-state index contributed by atoms with van der Waals surface area (Å²) in [7, 11) is 0. The number of hydrogen-bond donors (Lipinski definition) is 3. The van der Waals surface area contributed by atoms with Crippen molar-refractivity contribution in [3.63, 3.8) is 0 Å². The van der Waals surface area contributed by atoms with Crippen molar-refractivity contribution in [2.24, 2.45) is 0 Å². The van der Waals surface area contributed by atoms with E-state index in [0.29, 0.717) is 6.42 Å². The number of carboxylic acids is 1. The lowest BCUT2D eigenvalue weighted by atomic mass is 10.1. The van der Waals surface area contributed by atoms with Gasteiger partial charge in [-0.05, 0) is 26.2 Å². The van der Waals surface area contributed by atoms with E-state index in [1.54, 1.807) is 0 Å². The molecule has 100 valence electrons. The van der Waals surface area contributed by atoms with Crippen LogP contribution in [0.5, 0.6) is 0 Å². The summed E-state index contributed by atoms with van der Waals surface area (Å²) in [5.41, 5.74) is 0. The summed E-state index contributed by atoms with van der Waals surface area (Å²) in [6, 6.07) is -0.125. The molecule has 0 saturated carbocycles. The van der Waals surface area contributed by atoms with Gasteiger partial charge < -0.3 is 15.7 Å². The lowest BCUT2D eigenvalue weighted by Crippen LogP contribution is -2.45. The molecule has 0 radical (unpaired) electrons. The Kier molecular flexibility index (Phi) is 8.19. The van der Waals surface area contributed by atoms with E-state index in [-0.39, 0.29) is 24.5 Å². The third kappa shape index (κ3) is 8.54. The summed E-state index contributed by atoms with van der Waals surface area (Å²) in [6.07, 6.45) is 3.44. The Balaban J connectivity index is 3.86. The molecule has 0 bridgehead atoms. The Morgan fingerprint density at radius 2 is 1.82 bits per heavy atom. The molecule has 0 aliphatic heterocycles. The molecule has 2 amide bonds. The topological polar surface area (TPSA) is 78.4 Å². The van der Waals surface area contributed by atoms with Gasteiger partial charge in [0, 0.05) is 18.5 Å². The Hall–Kier alpha value is -1.26. The minimum absolute atomic E-state index is 0.0770. The smallest absolute Gasteiger partial charge is 0.315 e. The van der Waals surface area contributed by atoms with Crippen LogP contribution < -0.4 is 10.6 Å². The second-order valence-electron chi connectivity index (χ2n) is 4.35. The SMILES string of the molecule is CCCC(CC)NC(=O)NC(C)CCC(=O)O. The first-order valence-corrected chi connectivity index (χ1v) is 6.28. The van der Waals surface area contributed by atoms with Crippen LogP contribution in [0.2, 0.25) is 0 Å². The third-order valence-corrected chi connectivity index (χ3v) is 2.63. The third-order valence-electron chi connectivity index (χ3n) is 2.63. The van der Waals surface area contributed by atoms with Gasteiger partial charge in [-0.2, -0.15) is 0 Å². The van der Waals surface area contributed by atoms with Gasteiger partial charge in [-0.25, -0.2) is 4.79 Å². The molecule has 0 aliphatic rings. The van der Waals surface area contributed by atoms with Crippen LogP contribution in [0, 0.1) is 0 Å². The second kappa shape index (κ2) is 8.84. The molecule has 0 spiro atoms. The van der Waals surface area contributed by atoms with Gasteiger partial charge in [-0.3, -0.25) is 4.79 Å². The van der Waals surface area contributed by atoms with E-state index >= 15 is 0 Å². The van der Waals surface area contributed by atoms with Gasteiger partial charge in [0.15, 0.2) is 0 Å². The van der Waals surface area contributed by atoms with E-state index in [4.69, 9.17) is 5.11 Å². The minimum atomic E-state index is -0.837. The molecular formula is C12H24N2O3.